The molecule has 1 aromatic carbocycles. The van der Waals surface area contributed by atoms with Crippen LogP contribution in [-0.2, 0) is 16.6 Å². The SMILES string of the molecule is CCn1ncc2c(N)ncc(C#Cc3c(F)ccc(NS(=O)(=O)c4cc(Cl)cnc4OC)c3F)c21. The number of sulfonamides is 1. The highest BCUT2D eigenvalue weighted by atomic mass is 35.5. The number of ether oxygens (including phenoxy) is 1. The van der Waals surface area contributed by atoms with Crippen molar-refractivity contribution in [2.75, 3.05) is 17.6 Å². The first-order chi connectivity index (χ1) is 16.7. The standard InChI is InChI=1S/C22H17ClF2N6O3S/c1-3-31-20-12(9-27-21(26)15(20)11-29-31)4-5-14-16(24)6-7-17(19(14)25)30-35(32,33)18-8-13(23)10-28-22(18)34-2/h6-11,30H,3H2,1-2H3,(H2,26,27). The zero-order valence-electron chi connectivity index (χ0n) is 18.3. The summed E-state index contributed by atoms with van der Waals surface area (Å²) in [4.78, 5) is 7.42. The summed E-state index contributed by atoms with van der Waals surface area (Å²) in [6.07, 6.45) is 4.10. The molecule has 0 saturated carbocycles. The number of hydrogen-bond donors (Lipinski definition) is 2. The Morgan fingerprint density at radius 3 is 2.69 bits per heavy atom. The number of benzene rings is 1. The fourth-order valence-corrected chi connectivity index (χ4v) is 4.71. The Morgan fingerprint density at radius 2 is 1.97 bits per heavy atom. The molecular weight excluding hydrogens is 502 g/mol. The van der Waals surface area contributed by atoms with Gasteiger partial charge in [-0.1, -0.05) is 23.4 Å². The lowest BCUT2D eigenvalue weighted by atomic mass is 10.1. The van der Waals surface area contributed by atoms with E-state index in [0.29, 0.717) is 23.0 Å². The minimum Gasteiger partial charge on any atom is -0.480 e. The van der Waals surface area contributed by atoms with E-state index in [2.05, 4.69) is 31.6 Å². The molecule has 4 aromatic rings. The highest BCUT2D eigenvalue weighted by Crippen LogP contribution is 2.29. The number of hydrogen-bond acceptors (Lipinski definition) is 7. The molecule has 0 saturated heterocycles. The summed E-state index contributed by atoms with van der Waals surface area (Å²) in [7, 11) is -3.18. The number of anilines is 2. The van der Waals surface area contributed by atoms with E-state index in [9.17, 15) is 12.8 Å². The molecule has 3 heterocycles. The van der Waals surface area contributed by atoms with Gasteiger partial charge in [0.2, 0.25) is 5.88 Å². The van der Waals surface area contributed by atoms with Gasteiger partial charge >= 0.3 is 0 Å². The monoisotopic (exact) mass is 518 g/mol. The molecule has 0 aliphatic carbocycles. The van der Waals surface area contributed by atoms with Gasteiger partial charge in [-0.3, -0.25) is 9.40 Å². The minimum absolute atomic E-state index is 0.0204. The average molecular weight is 519 g/mol. The van der Waals surface area contributed by atoms with Gasteiger partial charge in [0.05, 0.1) is 46.0 Å². The lowest BCUT2D eigenvalue weighted by Gasteiger charge is -2.12. The second kappa shape index (κ2) is 9.36. The number of nitrogens with one attached hydrogen (secondary N) is 1. The third-order valence-electron chi connectivity index (χ3n) is 4.93. The minimum atomic E-state index is -4.40. The Bertz CT molecular complexity index is 1630. The van der Waals surface area contributed by atoms with Crippen molar-refractivity contribution < 1.29 is 21.9 Å². The van der Waals surface area contributed by atoms with Gasteiger partial charge in [-0.25, -0.2) is 27.2 Å². The first-order valence-corrected chi connectivity index (χ1v) is 11.8. The molecule has 0 atom stereocenters. The number of nitrogens with two attached hydrogens (primary N) is 1. The van der Waals surface area contributed by atoms with E-state index in [0.717, 1.165) is 18.2 Å². The van der Waals surface area contributed by atoms with E-state index in [1.807, 2.05) is 6.92 Å². The molecule has 0 amide bonds. The van der Waals surface area contributed by atoms with Crippen LogP contribution in [0.2, 0.25) is 5.02 Å². The Morgan fingerprint density at radius 1 is 1.20 bits per heavy atom. The molecule has 0 fully saturated rings. The van der Waals surface area contributed by atoms with Crippen molar-refractivity contribution >= 4 is 44.0 Å². The Balaban J connectivity index is 1.77. The van der Waals surface area contributed by atoms with Crippen molar-refractivity contribution in [1.29, 1.82) is 0 Å². The van der Waals surface area contributed by atoms with Crippen molar-refractivity contribution in [2.45, 2.75) is 18.4 Å². The first-order valence-electron chi connectivity index (χ1n) is 9.98. The van der Waals surface area contributed by atoms with E-state index in [4.69, 9.17) is 22.1 Å². The van der Waals surface area contributed by atoms with Crippen molar-refractivity contribution in [3.05, 3.63) is 64.6 Å². The quantitative estimate of drug-likeness (QED) is 0.387. The highest BCUT2D eigenvalue weighted by Gasteiger charge is 2.24. The average Bonchev–Trinajstić information content (AvgIpc) is 3.27. The Kier molecular flexibility index (Phi) is 6.47. The predicted octanol–water partition coefficient (Wildman–Crippen LogP) is 3.57. The van der Waals surface area contributed by atoms with Crippen molar-refractivity contribution in [3.63, 3.8) is 0 Å². The summed E-state index contributed by atoms with van der Waals surface area (Å²) in [5, 5.41) is 4.78. The summed E-state index contributed by atoms with van der Waals surface area (Å²) >= 11 is 5.85. The zero-order valence-corrected chi connectivity index (χ0v) is 19.9. The van der Waals surface area contributed by atoms with Crippen LogP contribution in [0, 0.1) is 23.5 Å². The maximum atomic E-state index is 15.2. The van der Waals surface area contributed by atoms with Crippen LogP contribution in [0.4, 0.5) is 20.3 Å². The summed E-state index contributed by atoms with van der Waals surface area (Å²) in [5.41, 5.74) is 5.61. The molecule has 4 rings (SSSR count). The highest BCUT2D eigenvalue weighted by molar-refractivity contribution is 7.92. The van der Waals surface area contributed by atoms with Crippen molar-refractivity contribution in [1.82, 2.24) is 19.7 Å². The molecule has 13 heteroatoms. The van der Waals surface area contributed by atoms with Gasteiger partial charge in [0.25, 0.3) is 10.0 Å². The number of halogens is 3. The number of aryl methyl sites for hydroxylation is 1. The summed E-state index contributed by atoms with van der Waals surface area (Å²) in [6.45, 7) is 2.36. The topological polar surface area (TPSA) is 125 Å². The van der Waals surface area contributed by atoms with Crippen LogP contribution < -0.4 is 15.2 Å². The third-order valence-corrected chi connectivity index (χ3v) is 6.50. The van der Waals surface area contributed by atoms with Gasteiger partial charge in [-0.2, -0.15) is 5.10 Å². The maximum Gasteiger partial charge on any atom is 0.267 e. The molecule has 0 spiro atoms. The van der Waals surface area contributed by atoms with Crippen LogP contribution in [-0.4, -0.2) is 35.3 Å². The molecule has 0 aliphatic rings. The molecular formula is C22H17ClF2N6O3S. The van der Waals surface area contributed by atoms with Gasteiger partial charge in [0, 0.05) is 18.9 Å². The molecule has 180 valence electrons. The van der Waals surface area contributed by atoms with Crippen LogP contribution >= 0.6 is 11.6 Å². The van der Waals surface area contributed by atoms with Gasteiger partial charge in [-0.15, -0.1) is 0 Å². The Hall–Kier alpha value is -3.95. The Labute approximate surface area is 203 Å². The lowest BCUT2D eigenvalue weighted by molar-refractivity contribution is 0.385. The van der Waals surface area contributed by atoms with Crippen LogP contribution in [0.3, 0.4) is 0 Å². The van der Waals surface area contributed by atoms with Crippen LogP contribution in [0.5, 0.6) is 5.88 Å². The number of nitrogen functional groups attached to an aromatic ring is 1. The number of pyridine rings is 2. The molecule has 0 bridgehead atoms. The summed E-state index contributed by atoms with van der Waals surface area (Å²) < 4.78 is 64.1. The van der Waals surface area contributed by atoms with Crippen LogP contribution in [0.1, 0.15) is 18.1 Å². The molecule has 0 aliphatic heterocycles. The molecule has 0 unspecified atom stereocenters. The number of methoxy groups -OCH3 is 1. The number of rotatable bonds is 5. The van der Waals surface area contributed by atoms with E-state index in [1.54, 1.807) is 4.68 Å². The number of aromatic nitrogens is 4. The molecule has 35 heavy (non-hydrogen) atoms. The summed E-state index contributed by atoms with van der Waals surface area (Å²) in [6, 6.07) is 2.92. The van der Waals surface area contributed by atoms with Crippen molar-refractivity contribution in [3.8, 4) is 17.7 Å². The fraction of sp³-hybridized carbons (Fsp3) is 0.136. The molecule has 9 nitrogen and oxygen atoms in total. The molecule has 0 radical (unpaired) electrons. The normalized spacial score (nSPS) is 11.2. The predicted molar refractivity (Wildman–Crippen MR) is 127 cm³/mol. The largest absolute Gasteiger partial charge is 0.480 e. The van der Waals surface area contributed by atoms with Gasteiger partial charge < -0.3 is 10.5 Å². The summed E-state index contributed by atoms with van der Waals surface area (Å²) in [5.74, 6) is 2.92. The fourth-order valence-electron chi connectivity index (χ4n) is 3.28. The number of fused-ring (bicyclic) bond motifs is 1. The molecule has 3 aromatic heterocycles. The molecule has 3 N–H and O–H groups in total. The second-order valence-electron chi connectivity index (χ2n) is 7.08. The number of nitrogens with zero attached hydrogens (tertiary/aromatic N) is 4. The maximum absolute atomic E-state index is 15.2. The lowest BCUT2D eigenvalue weighted by Crippen LogP contribution is -2.16. The first kappa shape index (κ1) is 24.2. The van der Waals surface area contributed by atoms with Crippen LogP contribution in [0.15, 0.2) is 41.7 Å². The smallest absolute Gasteiger partial charge is 0.267 e. The van der Waals surface area contributed by atoms with Gasteiger partial charge in [0.1, 0.15) is 11.6 Å². The van der Waals surface area contributed by atoms with E-state index >= 15 is 4.39 Å². The van der Waals surface area contributed by atoms with Crippen molar-refractivity contribution in [2.24, 2.45) is 0 Å². The van der Waals surface area contributed by atoms with Gasteiger partial charge in [0.15, 0.2) is 10.7 Å². The second-order valence-corrected chi connectivity index (χ2v) is 9.17. The van der Waals surface area contributed by atoms with E-state index < -0.39 is 37.8 Å². The van der Waals surface area contributed by atoms with E-state index in [-0.39, 0.29) is 16.7 Å². The van der Waals surface area contributed by atoms with Gasteiger partial charge in [-0.05, 0) is 25.1 Å². The third kappa shape index (κ3) is 4.55. The zero-order chi connectivity index (χ0) is 25.3. The van der Waals surface area contributed by atoms with Crippen LogP contribution in [0.25, 0.3) is 10.9 Å². The van der Waals surface area contributed by atoms with E-state index in [1.165, 1.54) is 25.7 Å².